The van der Waals surface area contributed by atoms with Gasteiger partial charge < -0.3 is 4.90 Å². The van der Waals surface area contributed by atoms with Gasteiger partial charge in [0.25, 0.3) is 0 Å². The Kier molecular flexibility index (Phi) is 5.11. The summed E-state index contributed by atoms with van der Waals surface area (Å²) < 4.78 is 2.17. The lowest BCUT2D eigenvalue weighted by Gasteiger charge is -2.32. The molecule has 0 saturated carbocycles. The largest absolute Gasteiger partial charge is 0.351 e. The van der Waals surface area contributed by atoms with Crippen LogP contribution in [0.2, 0.25) is 5.02 Å². The summed E-state index contributed by atoms with van der Waals surface area (Å²) in [4.78, 5) is 11.9. The van der Waals surface area contributed by atoms with E-state index in [2.05, 4.69) is 59.5 Å². The molecule has 0 atom stereocenters. The van der Waals surface area contributed by atoms with Crippen LogP contribution in [0.25, 0.3) is 0 Å². The van der Waals surface area contributed by atoms with Crippen molar-refractivity contribution in [3.8, 4) is 0 Å². The van der Waals surface area contributed by atoms with Crippen LogP contribution in [0.5, 0.6) is 0 Å². The number of hydrogen-bond donors (Lipinski definition) is 0. The van der Waals surface area contributed by atoms with Gasteiger partial charge in [0.05, 0.1) is 11.7 Å². The average molecular weight is 410 g/mol. The van der Waals surface area contributed by atoms with Gasteiger partial charge in [-0.2, -0.15) is 5.10 Å². The second kappa shape index (κ2) is 7.45. The smallest absolute Gasteiger partial charge is 0.136 e. The Morgan fingerprint density at radius 2 is 1.79 bits per heavy atom. The van der Waals surface area contributed by atoms with Crippen LogP contribution in [0.15, 0.2) is 30.5 Å². The third-order valence-corrected chi connectivity index (χ3v) is 5.72. The fourth-order valence-corrected chi connectivity index (χ4v) is 4.21. The lowest BCUT2D eigenvalue weighted by Crippen LogP contribution is -2.35. The van der Waals surface area contributed by atoms with E-state index in [4.69, 9.17) is 16.6 Å². The molecule has 29 heavy (non-hydrogen) atoms. The van der Waals surface area contributed by atoms with Gasteiger partial charge in [0.1, 0.15) is 11.6 Å². The highest BCUT2D eigenvalue weighted by Gasteiger charge is 2.27. The van der Waals surface area contributed by atoms with E-state index in [1.807, 2.05) is 25.3 Å². The van der Waals surface area contributed by atoms with Crippen molar-refractivity contribution in [2.45, 2.75) is 59.5 Å². The first-order valence-electron chi connectivity index (χ1n) is 10.1. The number of rotatable bonds is 3. The predicted octanol–water partition coefficient (Wildman–Crippen LogP) is 4.85. The first-order valence-corrected chi connectivity index (χ1v) is 10.5. The molecule has 2 aromatic heterocycles. The van der Waals surface area contributed by atoms with Gasteiger partial charge in [0, 0.05) is 53.5 Å². The Labute approximate surface area is 177 Å². The molecule has 0 radical (unpaired) electrons. The number of aryl methyl sites for hydroxylation is 2. The van der Waals surface area contributed by atoms with Crippen molar-refractivity contribution in [3.05, 3.63) is 69.4 Å². The van der Waals surface area contributed by atoms with E-state index in [1.54, 1.807) is 0 Å². The number of anilines is 1. The topological polar surface area (TPSA) is 46.8 Å². The van der Waals surface area contributed by atoms with E-state index in [1.165, 1.54) is 22.4 Å². The van der Waals surface area contributed by atoms with Crippen LogP contribution in [-0.2, 0) is 24.9 Å². The van der Waals surface area contributed by atoms with Crippen molar-refractivity contribution in [1.29, 1.82) is 0 Å². The highest BCUT2D eigenvalue weighted by Crippen LogP contribution is 2.30. The zero-order chi connectivity index (χ0) is 20.8. The van der Waals surface area contributed by atoms with E-state index in [0.717, 1.165) is 48.3 Å². The maximum Gasteiger partial charge on any atom is 0.136 e. The average Bonchev–Trinajstić information content (AvgIpc) is 3.09. The monoisotopic (exact) mass is 409 g/mol. The molecular formula is C23H28ClN5. The first kappa shape index (κ1) is 19.9. The Morgan fingerprint density at radius 1 is 1.07 bits per heavy atom. The maximum atomic E-state index is 6.06. The molecule has 0 spiro atoms. The molecule has 0 saturated heterocycles. The lowest BCUT2D eigenvalue weighted by atomic mass is 10.0. The molecule has 0 aliphatic carbocycles. The third-order valence-electron chi connectivity index (χ3n) is 5.47. The van der Waals surface area contributed by atoms with Crippen molar-refractivity contribution < 1.29 is 0 Å². The molecule has 0 N–H and O–H groups in total. The summed E-state index contributed by atoms with van der Waals surface area (Å²) in [7, 11) is 0. The SMILES string of the molecule is Cc1nc(C)c(Cc2ccc(Cl)cc2)c(N2CCc3c(cnn3C(C)(C)C)C2)n1. The summed E-state index contributed by atoms with van der Waals surface area (Å²) in [6.07, 6.45) is 3.78. The number of nitrogens with zero attached hydrogens (tertiary/aromatic N) is 5. The van der Waals surface area contributed by atoms with Crippen LogP contribution in [0.1, 0.15) is 54.7 Å². The molecule has 1 aliphatic heterocycles. The normalized spacial score (nSPS) is 14.2. The number of fused-ring (bicyclic) bond motifs is 1. The predicted molar refractivity (Wildman–Crippen MR) is 118 cm³/mol. The molecule has 3 aromatic rings. The van der Waals surface area contributed by atoms with Gasteiger partial charge in [-0.25, -0.2) is 9.97 Å². The highest BCUT2D eigenvalue weighted by atomic mass is 35.5. The Hall–Kier alpha value is -2.40. The Morgan fingerprint density at radius 3 is 2.48 bits per heavy atom. The van der Waals surface area contributed by atoms with Gasteiger partial charge in [-0.3, -0.25) is 4.68 Å². The fourth-order valence-electron chi connectivity index (χ4n) is 4.08. The van der Waals surface area contributed by atoms with E-state index in [-0.39, 0.29) is 5.54 Å². The van der Waals surface area contributed by atoms with Crippen molar-refractivity contribution in [2.24, 2.45) is 0 Å². The third kappa shape index (κ3) is 4.01. The van der Waals surface area contributed by atoms with Crippen molar-refractivity contribution in [1.82, 2.24) is 19.7 Å². The first-order chi connectivity index (χ1) is 13.7. The number of halogens is 1. The summed E-state index contributed by atoms with van der Waals surface area (Å²) in [6.45, 7) is 12.4. The number of hydrogen-bond acceptors (Lipinski definition) is 4. The zero-order valence-corrected chi connectivity index (χ0v) is 18.6. The Balaban J connectivity index is 1.68. The molecule has 6 heteroatoms. The van der Waals surface area contributed by atoms with Crippen LogP contribution in [0.4, 0.5) is 5.82 Å². The summed E-state index contributed by atoms with van der Waals surface area (Å²) in [6, 6.07) is 8.03. The van der Waals surface area contributed by atoms with Crippen LogP contribution >= 0.6 is 11.6 Å². The van der Waals surface area contributed by atoms with Gasteiger partial charge in [0.2, 0.25) is 0 Å². The van der Waals surface area contributed by atoms with E-state index < -0.39 is 0 Å². The van der Waals surface area contributed by atoms with Crippen molar-refractivity contribution in [2.75, 3.05) is 11.4 Å². The van der Waals surface area contributed by atoms with Crippen LogP contribution in [0.3, 0.4) is 0 Å². The van der Waals surface area contributed by atoms with E-state index >= 15 is 0 Å². The Bertz CT molecular complexity index is 1030. The van der Waals surface area contributed by atoms with Gasteiger partial charge in [0.15, 0.2) is 0 Å². The fraction of sp³-hybridized carbons (Fsp3) is 0.435. The molecule has 1 aliphatic rings. The van der Waals surface area contributed by atoms with Crippen LogP contribution < -0.4 is 4.90 Å². The molecule has 0 bridgehead atoms. The zero-order valence-electron chi connectivity index (χ0n) is 17.8. The quantitative estimate of drug-likeness (QED) is 0.620. The van der Waals surface area contributed by atoms with Crippen molar-refractivity contribution in [3.63, 3.8) is 0 Å². The molecule has 152 valence electrons. The van der Waals surface area contributed by atoms with E-state index in [9.17, 15) is 0 Å². The molecular weight excluding hydrogens is 382 g/mol. The van der Waals surface area contributed by atoms with Crippen LogP contribution in [-0.4, -0.2) is 26.3 Å². The second-order valence-corrected chi connectivity index (χ2v) is 9.27. The molecule has 0 unspecified atom stereocenters. The standard InChI is InChI=1S/C23H28ClN5/c1-15-20(12-17-6-8-19(24)9-7-17)22(27-16(2)26-15)28-11-10-21-18(14-28)13-25-29(21)23(3,4)5/h6-9,13H,10-12,14H2,1-5H3. The van der Waals surface area contributed by atoms with Crippen LogP contribution in [0, 0.1) is 13.8 Å². The molecule has 0 amide bonds. The minimum Gasteiger partial charge on any atom is -0.351 e. The van der Waals surface area contributed by atoms with Gasteiger partial charge in [-0.05, 0) is 52.3 Å². The summed E-state index contributed by atoms with van der Waals surface area (Å²) in [5.74, 6) is 1.85. The molecule has 4 rings (SSSR count). The van der Waals surface area contributed by atoms with Gasteiger partial charge in [-0.15, -0.1) is 0 Å². The number of benzene rings is 1. The van der Waals surface area contributed by atoms with E-state index in [0.29, 0.717) is 0 Å². The molecule has 5 nitrogen and oxygen atoms in total. The molecule has 1 aromatic carbocycles. The van der Waals surface area contributed by atoms with Crippen molar-refractivity contribution >= 4 is 17.4 Å². The second-order valence-electron chi connectivity index (χ2n) is 8.83. The number of aromatic nitrogens is 4. The molecule has 0 fully saturated rings. The highest BCUT2D eigenvalue weighted by molar-refractivity contribution is 6.30. The summed E-state index contributed by atoms with van der Waals surface area (Å²) in [5, 5.41) is 5.43. The summed E-state index contributed by atoms with van der Waals surface area (Å²) >= 11 is 6.06. The summed E-state index contributed by atoms with van der Waals surface area (Å²) in [5.41, 5.74) is 6.07. The minimum absolute atomic E-state index is 0.00239. The maximum absolute atomic E-state index is 6.06. The molecule has 3 heterocycles. The van der Waals surface area contributed by atoms with Gasteiger partial charge >= 0.3 is 0 Å². The van der Waals surface area contributed by atoms with Gasteiger partial charge in [-0.1, -0.05) is 23.7 Å². The minimum atomic E-state index is -0.00239. The lowest BCUT2D eigenvalue weighted by molar-refractivity contribution is 0.341.